The number of hydrogen-bond donors (Lipinski definition) is 1. The monoisotopic (exact) mass is 401 g/mol. The third-order valence-corrected chi connectivity index (χ3v) is 4.66. The Kier molecular flexibility index (Phi) is 5.99. The molecule has 5 nitrogen and oxygen atoms in total. The fourth-order valence-corrected chi connectivity index (χ4v) is 3.12. The first kappa shape index (κ1) is 19.9. The van der Waals surface area contributed by atoms with Gasteiger partial charge in [-0.05, 0) is 49.7 Å². The Morgan fingerprint density at radius 1 is 1.25 bits per heavy atom. The predicted octanol–water partition coefficient (Wildman–Crippen LogP) is 5.06. The summed E-state index contributed by atoms with van der Waals surface area (Å²) in [7, 11) is 1.59. The molecule has 0 aliphatic rings. The largest absolute Gasteiger partial charge is 0.497 e. The number of H-pyrrole nitrogens is 1. The summed E-state index contributed by atoms with van der Waals surface area (Å²) < 4.78 is 20.4. The Balaban J connectivity index is 2.08. The maximum absolute atomic E-state index is 13.7. The normalized spacial score (nSPS) is 11.7. The van der Waals surface area contributed by atoms with Crippen LogP contribution in [0.5, 0.6) is 5.75 Å². The van der Waals surface area contributed by atoms with E-state index in [9.17, 15) is 9.18 Å². The molecule has 0 saturated heterocycles. The number of benzene rings is 2. The van der Waals surface area contributed by atoms with Gasteiger partial charge < -0.3 is 4.74 Å². The Bertz CT molecular complexity index is 1070. The van der Waals surface area contributed by atoms with E-state index in [4.69, 9.17) is 16.3 Å². The summed E-state index contributed by atoms with van der Waals surface area (Å²) in [6.07, 6.45) is 1.55. The first-order valence-corrected chi connectivity index (χ1v) is 9.31. The molecule has 1 N–H and O–H groups in total. The highest BCUT2D eigenvalue weighted by molar-refractivity contribution is 6.30. The summed E-state index contributed by atoms with van der Waals surface area (Å²) in [5.74, 6) is 0.161. The minimum atomic E-state index is -0.547. The van der Waals surface area contributed by atoms with Gasteiger partial charge in [0.05, 0.1) is 34.8 Å². The quantitative estimate of drug-likeness (QED) is 0.587. The van der Waals surface area contributed by atoms with Gasteiger partial charge in [-0.15, -0.1) is 0 Å². The minimum absolute atomic E-state index is 0.0341. The molecule has 0 fully saturated rings. The highest BCUT2D eigenvalue weighted by atomic mass is 35.5. The molecular weight excluding hydrogens is 381 g/mol. The Morgan fingerprint density at radius 3 is 2.57 bits per heavy atom. The number of ether oxygens (including phenoxy) is 1. The van der Waals surface area contributed by atoms with Gasteiger partial charge in [0, 0.05) is 11.8 Å². The summed E-state index contributed by atoms with van der Waals surface area (Å²) >= 11 is 5.73. The predicted molar refractivity (Wildman–Crippen MR) is 110 cm³/mol. The Morgan fingerprint density at radius 2 is 1.96 bits per heavy atom. The minimum Gasteiger partial charge on any atom is -0.497 e. The van der Waals surface area contributed by atoms with E-state index < -0.39 is 5.82 Å². The second-order valence-corrected chi connectivity index (χ2v) is 6.76. The van der Waals surface area contributed by atoms with Crippen LogP contribution in [0.3, 0.4) is 0 Å². The number of aliphatic imine (C=N–C) groups is 1. The smallest absolute Gasteiger partial charge is 0.280 e. The van der Waals surface area contributed by atoms with Crippen LogP contribution in [0.15, 0.2) is 52.3 Å². The lowest BCUT2D eigenvalue weighted by Gasteiger charge is -2.03. The molecule has 0 aliphatic carbocycles. The highest BCUT2D eigenvalue weighted by Gasteiger charge is 2.17. The van der Waals surface area contributed by atoms with Crippen LogP contribution in [0.1, 0.15) is 31.5 Å². The van der Waals surface area contributed by atoms with Crippen molar-refractivity contribution >= 4 is 23.0 Å². The van der Waals surface area contributed by atoms with E-state index in [0.717, 1.165) is 12.1 Å². The van der Waals surface area contributed by atoms with Crippen LogP contribution in [0.4, 0.5) is 10.1 Å². The van der Waals surface area contributed by atoms with Gasteiger partial charge in [-0.2, -0.15) is 0 Å². The summed E-state index contributed by atoms with van der Waals surface area (Å²) in [6, 6.07) is 11.5. The van der Waals surface area contributed by atoms with E-state index in [2.05, 4.69) is 10.1 Å². The molecule has 0 unspecified atom stereocenters. The summed E-state index contributed by atoms with van der Waals surface area (Å²) in [5, 5.41) is 3.21. The van der Waals surface area contributed by atoms with Gasteiger partial charge in [-0.3, -0.25) is 14.9 Å². The fourth-order valence-electron chi connectivity index (χ4n) is 3.00. The molecular formula is C21H21ClFN3O2. The number of rotatable bonds is 6. The van der Waals surface area contributed by atoms with E-state index in [1.54, 1.807) is 44.4 Å². The molecule has 0 aliphatic heterocycles. The van der Waals surface area contributed by atoms with E-state index >= 15 is 0 Å². The molecule has 1 heterocycles. The Hall–Kier alpha value is -2.86. The molecule has 0 saturated carbocycles. The van der Waals surface area contributed by atoms with Gasteiger partial charge >= 0.3 is 0 Å². The van der Waals surface area contributed by atoms with Crippen LogP contribution < -0.4 is 10.3 Å². The first-order valence-electron chi connectivity index (χ1n) is 8.93. The van der Waals surface area contributed by atoms with Crippen molar-refractivity contribution in [3.8, 4) is 11.4 Å². The molecule has 1 aromatic heterocycles. The van der Waals surface area contributed by atoms with Crippen molar-refractivity contribution in [1.82, 2.24) is 9.78 Å². The van der Waals surface area contributed by atoms with Crippen LogP contribution >= 0.6 is 11.6 Å². The number of nitrogens with one attached hydrogen (secondary N) is 1. The van der Waals surface area contributed by atoms with Crippen molar-refractivity contribution in [2.24, 2.45) is 4.99 Å². The highest BCUT2D eigenvalue weighted by Crippen LogP contribution is 2.22. The van der Waals surface area contributed by atoms with Gasteiger partial charge in [0.1, 0.15) is 11.6 Å². The third-order valence-electron chi connectivity index (χ3n) is 4.36. The summed E-state index contributed by atoms with van der Waals surface area (Å²) in [5.41, 5.74) is 2.69. The second-order valence-electron chi connectivity index (χ2n) is 6.35. The van der Waals surface area contributed by atoms with Gasteiger partial charge in [0.2, 0.25) is 0 Å². The number of methoxy groups -OCH3 is 1. The standard InChI is InChI=1S/C21H21ClFN3O2/c1-4-5-19-20(13(2)24-14-6-11-17(22)18(23)12-14)21(27)26(25-19)15-7-9-16(28-3)10-8-15/h6-12,25H,4-5H2,1-3H3. The molecule has 3 aromatic rings. The van der Waals surface area contributed by atoms with Crippen LogP contribution in [0.25, 0.3) is 5.69 Å². The van der Waals surface area contributed by atoms with Gasteiger partial charge in [-0.25, -0.2) is 9.07 Å². The third kappa shape index (κ3) is 4.02. The second kappa shape index (κ2) is 8.44. The topological polar surface area (TPSA) is 59.4 Å². The zero-order valence-electron chi connectivity index (χ0n) is 15.9. The van der Waals surface area contributed by atoms with Crippen molar-refractivity contribution in [3.63, 3.8) is 0 Å². The average Bonchev–Trinajstić information content (AvgIpc) is 3.01. The lowest BCUT2D eigenvalue weighted by Crippen LogP contribution is -2.19. The van der Waals surface area contributed by atoms with Crippen molar-refractivity contribution in [2.75, 3.05) is 7.11 Å². The molecule has 146 valence electrons. The van der Waals surface area contributed by atoms with Gasteiger partial charge in [0.25, 0.3) is 5.56 Å². The first-order chi connectivity index (χ1) is 13.4. The summed E-state index contributed by atoms with van der Waals surface area (Å²) in [4.78, 5) is 17.5. The van der Waals surface area contributed by atoms with Crippen molar-refractivity contribution in [3.05, 3.63) is 74.9 Å². The fraction of sp³-hybridized carbons (Fsp3) is 0.238. The van der Waals surface area contributed by atoms with E-state index in [1.165, 1.54) is 16.8 Å². The van der Waals surface area contributed by atoms with E-state index in [0.29, 0.717) is 34.8 Å². The van der Waals surface area contributed by atoms with Crippen LogP contribution in [0, 0.1) is 5.82 Å². The number of hydrogen-bond acceptors (Lipinski definition) is 3. The van der Waals surface area contributed by atoms with E-state index in [1.807, 2.05) is 6.92 Å². The molecule has 28 heavy (non-hydrogen) atoms. The maximum Gasteiger partial charge on any atom is 0.280 e. The number of halogens is 2. The number of aromatic nitrogens is 2. The lowest BCUT2D eigenvalue weighted by atomic mass is 10.1. The number of aryl methyl sites for hydroxylation is 1. The molecule has 0 atom stereocenters. The number of nitrogens with zero attached hydrogens (tertiary/aromatic N) is 2. The molecule has 2 aromatic carbocycles. The molecule has 0 amide bonds. The van der Waals surface area contributed by atoms with Crippen molar-refractivity contribution in [1.29, 1.82) is 0 Å². The maximum atomic E-state index is 13.7. The molecule has 3 rings (SSSR count). The Labute approximate surface area is 167 Å². The summed E-state index contributed by atoms with van der Waals surface area (Å²) in [6.45, 7) is 3.78. The molecule has 0 spiro atoms. The SMILES string of the molecule is CCCc1[nH]n(-c2ccc(OC)cc2)c(=O)c1C(C)=Nc1ccc(Cl)c(F)c1. The van der Waals surface area contributed by atoms with Crippen molar-refractivity contribution in [2.45, 2.75) is 26.7 Å². The van der Waals surface area contributed by atoms with Gasteiger partial charge in [0.15, 0.2) is 0 Å². The zero-order valence-corrected chi connectivity index (χ0v) is 16.7. The average molecular weight is 402 g/mol. The van der Waals surface area contributed by atoms with Gasteiger partial charge in [-0.1, -0.05) is 24.9 Å². The van der Waals surface area contributed by atoms with E-state index in [-0.39, 0.29) is 10.6 Å². The molecule has 7 heteroatoms. The molecule has 0 bridgehead atoms. The van der Waals surface area contributed by atoms with Crippen LogP contribution in [-0.4, -0.2) is 22.6 Å². The van der Waals surface area contributed by atoms with Crippen LogP contribution in [0.2, 0.25) is 5.02 Å². The molecule has 0 radical (unpaired) electrons. The van der Waals surface area contributed by atoms with Crippen molar-refractivity contribution < 1.29 is 9.13 Å². The number of aromatic amines is 1. The lowest BCUT2D eigenvalue weighted by molar-refractivity contribution is 0.414. The van der Waals surface area contributed by atoms with Crippen LogP contribution in [-0.2, 0) is 6.42 Å². The zero-order chi connectivity index (χ0) is 20.3.